The lowest BCUT2D eigenvalue weighted by molar-refractivity contribution is 0.415. The number of benzene rings is 2. The molecular formula is C15H16N2O2S. The summed E-state index contributed by atoms with van der Waals surface area (Å²) in [4.78, 5) is 0.512. The lowest BCUT2D eigenvalue weighted by Gasteiger charge is -2.06. The molecule has 0 radical (unpaired) electrons. The number of hydrogen-bond acceptors (Lipinski definition) is 3. The standard InChI is InChI=1S/C15H16N2O2S/c1-19-13-9-7-12(8-10-13)15(16)11-20(17,18)14-5-3-2-4-6-14/h2-11,16H,1H3,(H2,17,18). The molecule has 1 unspecified atom stereocenters. The fraction of sp³-hybridized carbons (Fsp3) is 0.0667. The lowest BCUT2D eigenvalue weighted by atomic mass is 10.1. The molecule has 0 heterocycles. The van der Waals surface area contributed by atoms with E-state index >= 15 is 0 Å². The SMILES string of the molecule is COc1ccc(C(=N)C=S(N)(=O)c2ccccc2)cc1. The van der Waals surface area contributed by atoms with Gasteiger partial charge in [-0.3, -0.25) is 10.5 Å². The van der Waals surface area contributed by atoms with E-state index in [-0.39, 0.29) is 5.71 Å². The highest BCUT2D eigenvalue weighted by Gasteiger charge is 2.07. The number of nitrogens with one attached hydrogen (secondary N) is 1. The topological polar surface area (TPSA) is 76.2 Å². The van der Waals surface area contributed by atoms with Gasteiger partial charge in [0, 0.05) is 15.8 Å². The van der Waals surface area contributed by atoms with E-state index in [2.05, 4.69) is 0 Å². The Morgan fingerprint density at radius 1 is 1.15 bits per heavy atom. The Morgan fingerprint density at radius 3 is 2.30 bits per heavy atom. The van der Waals surface area contributed by atoms with Crippen molar-refractivity contribution in [3.63, 3.8) is 0 Å². The summed E-state index contributed by atoms with van der Waals surface area (Å²) in [6, 6.07) is 15.7. The fourth-order valence-electron chi connectivity index (χ4n) is 1.71. The highest BCUT2D eigenvalue weighted by molar-refractivity contribution is 8.00. The first kappa shape index (κ1) is 14.3. The Labute approximate surface area is 118 Å². The number of ether oxygens (including phenoxy) is 1. The molecule has 0 saturated carbocycles. The zero-order valence-electron chi connectivity index (χ0n) is 11.1. The highest BCUT2D eigenvalue weighted by Crippen LogP contribution is 2.12. The van der Waals surface area contributed by atoms with Gasteiger partial charge < -0.3 is 4.74 Å². The molecule has 0 saturated heterocycles. The molecule has 0 amide bonds. The van der Waals surface area contributed by atoms with Gasteiger partial charge in [0.2, 0.25) is 0 Å². The van der Waals surface area contributed by atoms with Crippen LogP contribution in [-0.4, -0.2) is 22.4 Å². The molecule has 2 rings (SSSR count). The predicted molar refractivity (Wildman–Crippen MR) is 82.9 cm³/mol. The highest BCUT2D eigenvalue weighted by atomic mass is 32.2. The second kappa shape index (κ2) is 5.90. The molecule has 2 aromatic carbocycles. The molecule has 20 heavy (non-hydrogen) atoms. The first-order valence-electron chi connectivity index (χ1n) is 5.98. The van der Waals surface area contributed by atoms with Gasteiger partial charge >= 0.3 is 0 Å². The van der Waals surface area contributed by atoms with E-state index in [0.29, 0.717) is 16.2 Å². The maximum Gasteiger partial charge on any atom is 0.118 e. The Bertz CT molecular complexity index is 715. The summed E-state index contributed by atoms with van der Waals surface area (Å²) in [6.07, 6.45) is 0. The molecule has 0 bridgehead atoms. The molecule has 1 atom stereocenters. The van der Waals surface area contributed by atoms with Crippen LogP contribution in [0.1, 0.15) is 5.56 Å². The molecule has 0 aliphatic heterocycles. The minimum Gasteiger partial charge on any atom is -0.497 e. The van der Waals surface area contributed by atoms with Gasteiger partial charge in [-0.25, -0.2) is 4.21 Å². The van der Waals surface area contributed by atoms with Crippen LogP contribution < -0.4 is 9.88 Å². The van der Waals surface area contributed by atoms with Gasteiger partial charge in [0.1, 0.15) is 5.75 Å². The van der Waals surface area contributed by atoms with E-state index in [4.69, 9.17) is 15.3 Å². The van der Waals surface area contributed by atoms with Gasteiger partial charge in [-0.15, -0.1) is 0 Å². The van der Waals surface area contributed by atoms with Crippen LogP contribution in [0.5, 0.6) is 5.75 Å². The summed E-state index contributed by atoms with van der Waals surface area (Å²) in [5.41, 5.74) is 0.768. The number of methoxy groups -OCH3 is 1. The average molecular weight is 288 g/mol. The maximum absolute atomic E-state index is 12.5. The summed E-state index contributed by atoms with van der Waals surface area (Å²) in [5.74, 6) is 0.707. The van der Waals surface area contributed by atoms with Crippen LogP contribution in [0.4, 0.5) is 0 Å². The first-order chi connectivity index (χ1) is 9.53. The van der Waals surface area contributed by atoms with Crippen molar-refractivity contribution in [3.8, 4) is 5.75 Å². The average Bonchev–Trinajstić information content (AvgIpc) is 2.48. The van der Waals surface area contributed by atoms with Gasteiger partial charge in [0.15, 0.2) is 0 Å². The Hall–Kier alpha value is -2.11. The number of hydrogen-bond donors (Lipinski definition) is 2. The minimum absolute atomic E-state index is 0.129. The van der Waals surface area contributed by atoms with Crippen LogP contribution in [-0.2, 0) is 9.71 Å². The van der Waals surface area contributed by atoms with Crippen molar-refractivity contribution in [2.75, 3.05) is 7.11 Å². The Balaban J connectivity index is 2.34. The van der Waals surface area contributed by atoms with Crippen LogP contribution in [0.2, 0.25) is 0 Å². The zero-order valence-corrected chi connectivity index (χ0v) is 11.9. The monoisotopic (exact) mass is 288 g/mol. The third-order valence-electron chi connectivity index (χ3n) is 2.81. The summed E-state index contributed by atoms with van der Waals surface area (Å²) in [5, 5.41) is 15.1. The number of nitrogens with two attached hydrogens (primary N) is 1. The van der Waals surface area contributed by atoms with Gasteiger partial charge in [-0.1, -0.05) is 18.2 Å². The van der Waals surface area contributed by atoms with E-state index in [9.17, 15) is 4.21 Å². The molecule has 0 spiro atoms. The minimum atomic E-state index is -2.85. The van der Waals surface area contributed by atoms with E-state index in [1.807, 2.05) is 6.07 Å². The molecule has 0 aliphatic rings. The molecule has 0 aliphatic carbocycles. The largest absolute Gasteiger partial charge is 0.497 e. The molecule has 104 valence electrons. The summed E-state index contributed by atoms with van der Waals surface area (Å²) in [6.45, 7) is 0. The maximum atomic E-state index is 12.5. The van der Waals surface area contributed by atoms with E-state index in [0.717, 1.165) is 0 Å². The van der Waals surface area contributed by atoms with Gasteiger partial charge in [0.25, 0.3) is 0 Å². The smallest absolute Gasteiger partial charge is 0.118 e. The van der Waals surface area contributed by atoms with E-state index < -0.39 is 9.71 Å². The van der Waals surface area contributed by atoms with Crippen molar-refractivity contribution in [3.05, 3.63) is 60.2 Å². The number of rotatable bonds is 4. The molecular weight excluding hydrogens is 272 g/mol. The third kappa shape index (κ3) is 3.26. The first-order valence-corrected chi connectivity index (χ1v) is 7.66. The Morgan fingerprint density at radius 2 is 1.75 bits per heavy atom. The fourth-order valence-corrected chi connectivity index (χ4v) is 2.92. The molecule has 0 fully saturated rings. The lowest BCUT2D eigenvalue weighted by Crippen LogP contribution is -2.20. The van der Waals surface area contributed by atoms with Crippen molar-refractivity contribution in [1.82, 2.24) is 0 Å². The molecule has 2 aromatic rings. The summed E-state index contributed by atoms with van der Waals surface area (Å²) in [7, 11) is -1.28. The Kier molecular flexibility index (Phi) is 4.22. The molecule has 4 nitrogen and oxygen atoms in total. The quantitative estimate of drug-likeness (QED) is 0.667. The third-order valence-corrected chi connectivity index (χ3v) is 4.40. The van der Waals surface area contributed by atoms with Crippen LogP contribution in [0, 0.1) is 5.41 Å². The van der Waals surface area contributed by atoms with Crippen molar-refractivity contribution in [2.24, 2.45) is 5.14 Å². The second-order valence-electron chi connectivity index (χ2n) is 4.22. The van der Waals surface area contributed by atoms with E-state index in [1.54, 1.807) is 55.6 Å². The molecule has 3 N–H and O–H groups in total. The van der Waals surface area contributed by atoms with Crippen molar-refractivity contribution in [1.29, 1.82) is 5.41 Å². The van der Waals surface area contributed by atoms with Crippen molar-refractivity contribution >= 4 is 20.8 Å². The van der Waals surface area contributed by atoms with Gasteiger partial charge in [-0.2, -0.15) is 0 Å². The normalized spacial score (nSPS) is 13.3. The van der Waals surface area contributed by atoms with Crippen molar-refractivity contribution < 1.29 is 8.95 Å². The zero-order chi connectivity index (χ0) is 14.6. The molecule has 0 aromatic heterocycles. The predicted octanol–water partition coefficient (Wildman–Crippen LogP) is 2.08. The van der Waals surface area contributed by atoms with Gasteiger partial charge in [0.05, 0.1) is 22.5 Å². The second-order valence-corrected chi connectivity index (χ2v) is 6.22. The van der Waals surface area contributed by atoms with Crippen LogP contribution in [0.15, 0.2) is 59.5 Å². The van der Waals surface area contributed by atoms with Crippen LogP contribution in [0.25, 0.3) is 0 Å². The van der Waals surface area contributed by atoms with Crippen LogP contribution in [0.3, 0.4) is 0 Å². The molecule has 5 heteroatoms. The van der Waals surface area contributed by atoms with Crippen LogP contribution >= 0.6 is 0 Å². The van der Waals surface area contributed by atoms with Gasteiger partial charge in [-0.05, 0) is 36.4 Å². The van der Waals surface area contributed by atoms with E-state index in [1.165, 1.54) is 5.37 Å². The summed E-state index contributed by atoms with van der Waals surface area (Å²) < 4.78 is 17.5. The summed E-state index contributed by atoms with van der Waals surface area (Å²) >= 11 is 0. The van der Waals surface area contributed by atoms with Crippen molar-refractivity contribution in [2.45, 2.75) is 4.90 Å².